The van der Waals surface area contributed by atoms with E-state index >= 15 is 0 Å². The molecule has 3 atom stereocenters. The summed E-state index contributed by atoms with van der Waals surface area (Å²) < 4.78 is 11.3. The molecule has 102 valence electrons. The van der Waals surface area contributed by atoms with Gasteiger partial charge in [-0.05, 0) is 39.2 Å². The Kier molecular flexibility index (Phi) is 7.82. The molecule has 1 fully saturated rings. The fourth-order valence-electron chi connectivity index (χ4n) is 2.80. The first-order valence-electron chi connectivity index (χ1n) is 7.18. The molecule has 3 nitrogen and oxygen atoms in total. The highest BCUT2D eigenvalue weighted by molar-refractivity contribution is 4.84. The third kappa shape index (κ3) is 5.36. The minimum atomic E-state index is 0.380. The van der Waals surface area contributed by atoms with Gasteiger partial charge in [0.1, 0.15) is 0 Å². The zero-order chi connectivity index (χ0) is 12.5. The van der Waals surface area contributed by atoms with Crippen LogP contribution in [0.3, 0.4) is 0 Å². The maximum absolute atomic E-state index is 5.98. The number of hydrogen-bond donors (Lipinski definition) is 1. The molecule has 1 rings (SSSR count). The lowest BCUT2D eigenvalue weighted by Crippen LogP contribution is -2.44. The molecule has 0 amide bonds. The average Bonchev–Trinajstić information content (AvgIpc) is 2.35. The number of likely N-dealkylation sites (N-methyl/N-ethyl adjacent to an activating group) is 1. The smallest absolute Gasteiger partial charge is 0.0731 e. The highest BCUT2D eigenvalue weighted by Gasteiger charge is 2.29. The number of hydrogen-bond acceptors (Lipinski definition) is 3. The highest BCUT2D eigenvalue weighted by atomic mass is 16.5. The molecule has 0 aliphatic heterocycles. The van der Waals surface area contributed by atoms with Gasteiger partial charge in [0, 0.05) is 12.6 Å². The summed E-state index contributed by atoms with van der Waals surface area (Å²) in [5.74, 6) is 0.863. The van der Waals surface area contributed by atoms with Crippen LogP contribution < -0.4 is 5.32 Å². The molecule has 0 aromatic rings. The summed E-state index contributed by atoms with van der Waals surface area (Å²) in [6.07, 6.45) is 6.84. The first-order chi connectivity index (χ1) is 8.31. The second-order valence-corrected chi connectivity index (χ2v) is 4.97. The second-order valence-electron chi connectivity index (χ2n) is 4.97. The first-order valence-corrected chi connectivity index (χ1v) is 7.18. The minimum absolute atomic E-state index is 0.380. The Morgan fingerprint density at radius 2 is 2.00 bits per heavy atom. The topological polar surface area (TPSA) is 30.5 Å². The van der Waals surface area contributed by atoms with E-state index in [9.17, 15) is 0 Å². The van der Waals surface area contributed by atoms with Gasteiger partial charge in [-0.3, -0.25) is 0 Å². The number of nitrogens with one attached hydrogen (secondary N) is 1. The zero-order valence-electron chi connectivity index (χ0n) is 11.7. The minimum Gasteiger partial charge on any atom is -0.379 e. The van der Waals surface area contributed by atoms with Gasteiger partial charge in [-0.15, -0.1) is 0 Å². The highest BCUT2D eigenvalue weighted by Crippen LogP contribution is 2.29. The molecular weight excluding hydrogens is 214 g/mol. The average molecular weight is 243 g/mol. The summed E-state index contributed by atoms with van der Waals surface area (Å²) in [5.41, 5.74) is 0. The van der Waals surface area contributed by atoms with Crippen molar-refractivity contribution in [3.8, 4) is 0 Å². The molecular formula is C14H29NO2. The Morgan fingerprint density at radius 3 is 2.65 bits per heavy atom. The molecule has 1 saturated carbocycles. The van der Waals surface area contributed by atoms with Crippen molar-refractivity contribution in [3.63, 3.8) is 0 Å². The quantitative estimate of drug-likeness (QED) is 0.665. The maximum atomic E-state index is 5.98. The van der Waals surface area contributed by atoms with Gasteiger partial charge in [0.25, 0.3) is 0 Å². The maximum Gasteiger partial charge on any atom is 0.0731 e. The molecule has 0 radical (unpaired) electrons. The molecule has 1 N–H and O–H groups in total. The van der Waals surface area contributed by atoms with E-state index in [1.807, 2.05) is 14.0 Å². The van der Waals surface area contributed by atoms with Crippen molar-refractivity contribution in [1.82, 2.24) is 5.32 Å². The third-order valence-electron chi connectivity index (χ3n) is 3.73. The molecule has 1 aliphatic rings. The van der Waals surface area contributed by atoms with Crippen LogP contribution >= 0.6 is 0 Å². The largest absolute Gasteiger partial charge is 0.379 e. The van der Waals surface area contributed by atoms with Gasteiger partial charge in [-0.2, -0.15) is 0 Å². The van der Waals surface area contributed by atoms with Gasteiger partial charge in [0.2, 0.25) is 0 Å². The van der Waals surface area contributed by atoms with Crippen molar-refractivity contribution in [2.75, 3.05) is 26.9 Å². The predicted octanol–water partition coefficient (Wildman–Crippen LogP) is 2.60. The van der Waals surface area contributed by atoms with E-state index in [4.69, 9.17) is 9.47 Å². The van der Waals surface area contributed by atoms with Crippen LogP contribution in [0.2, 0.25) is 0 Å². The molecule has 0 bridgehead atoms. The van der Waals surface area contributed by atoms with Crippen molar-refractivity contribution < 1.29 is 9.47 Å². The molecule has 17 heavy (non-hydrogen) atoms. The van der Waals surface area contributed by atoms with Crippen LogP contribution in [0.15, 0.2) is 0 Å². The van der Waals surface area contributed by atoms with Gasteiger partial charge < -0.3 is 14.8 Å². The van der Waals surface area contributed by atoms with Gasteiger partial charge in [0.05, 0.1) is 19.3 Å². The molecule has 3 heteroatoms. The standard InChI is InChI=1S/C14H29NO2/c1-4-6-12-7-8-13(15-3)14(11-12)17-10-9-16-5-2/h12-15H,4-11H2,1-3H3. The Labute approximate surface area is 106 Å². The summed E-state index contributed by atoms with van der Waals surface area (Å²) in [6, 6.07) is 0.532. The SMILES string of the molecule is CCCC1CCC(NC)C(OCCOCC)C1. The van der Waals surface area contributed by atoms with Crippen molar-refractivity contribution in [2.45, 2.75) is 58.1 Å². The van der Waals surface area contributed by atoms with E-state index in [1.165, 1.54) is 32.1 Å². The van der Waals surface area contributed by atoms with E-state index in [2.05, 4.69) is 12.2 Å². The number of rotatable bonds is 8. The van der Waals surface area contributed by atoms with E-state index < -0.39 is 0 Å². The van der Waals surface area contributed by atoms with Crippen LogP contribution in [-0.2, 0) is 9.47 Å². The molecule has 3 unspecified atom stereocenters. The van der Waals surface area contributed by atoms with Crippen LogP contribution in [0.25, 0.3) is 0 Å². The van der Waals surface area contributed by atoms with Crippen molar-refractivity contribution in [3.05, 3.63) is 0 Å². The van der Waals surface area contributed by atoms with E-state index in [0.29, 0.717) is 12.1 Å². The van der Waals surface area contributed by atoms with Crippen LogP contribution in [0.5, 0.6) is 0 Å². The van der Waals surface area contributed by atoms with Gasteiger partial charge in [-0.1, -0.05) is 19.8 Å². The van der Waals surface area contributed by atoms with E-state index in [0.717, 1.165) is 25.7 Å². The van der Waals surface area contributed by atoms with E-state index in [-0.39, 0.29) is 0 Å². The molecule has 0 heterocycles. The van der Waals surface area contributed by atoms with E-state index in [1.54, 1.807) is 0 Å². The molecule has 0 aromatic carbocycles. The zero-order valence-corrected chi connectivity index (χ0v) is 11.7. The van der Waals surface area contributed by atoms with Crippen molar-refractivity contribution in [2.24, 2.45) is 5.92 Å². The van der Waals surface area contributed by atoms with Crippen LogP contribution in [0, 0.1) is 5.92 Å². The monoisotopic (exact) mass is 243 g/mol. The Balaban J connectivity index is 2.29. The van der Waals surface area contributed by atoms with Crippen molar-refractivity contribution >= 4 is 0 Å². The van der Waals surface area contributed by atoms with Gasteiger partial charge in [-0.25, -0.2) is 0 Å². The summed E-state index contributed by atoms with van der Waals surface area (Å²) in [4.78, 5) is 0. The number of ether oxygens (including phenoxy) is 2. The summed E-state index contributed by atoms with van der Waals surface area (Å²) in [7, 11) is 2.05. The molecule has 0 saturated heterocycles. The predicted molar refractivity (Wildman–Crippen MR) is 71.3 cm³/mol. The molecule has 0 aromatic heterocycles. The lowest BCUT2D eigenvalue weighted by Gasteiger charge is -2.36. The molecule has 0 spiro atoms. The van der Waals surface area contributed by atoms with Crippen LogP contribution in [0.4, 0.5) is 0 Å². The lowest BCUT2D eigenvalue weighted by atomic mass is 9.81. The fourth-order valence-corrected chi connectivity index (χ4v) is 2.80. The van der Waals surface area contributed by atoms with Crippen LogP contribution in [-0.4, -0.2) is 39.0 Å². The van der Waals surface area contributed by atoms with Crippen molar-refractivity contribution in [1.29, 1.82) is 0 Å². The Bertz CT molecular complexity index is 187. The first kappa shape index (κ1) is 14.9. The second kappa shape index (κ2) is 8.90. The lowest BCUT2D eigenvalue weighted by molar-refractivity contribution is -0.0341. The Hall–Kier alpha value is -0.120. The summed E-state index contributed by atoms with van der Waals surface area (Å²) in [5, 5.41) is 3.39. The third-order valence-corrected chi connectivity index (χ3v) is 3.73. The molecule has 1 aliphatic carbocycles. The van der Waals surface area contributed by atoms with Crippen LogP contribution in [0.1, 0.15) is 46.0 Å². The Morgan fingerprint density at radius 1 is 1.18 bits per heavy atom. The normalized spacial score (nSPS) is 29.5. The van der Waals surface area contributed by atoms with Gasteiger partial charge >= 0.3 is 0 Å². The fraction of sp³-hybridized carbons (Fsp3) is 1.00. The summed E-state index contributed by atoms with van der Waals surface area (Å²) >= 11 is 0. The summed E-state index contributed by atoms with van der Waals surface area (Å²) in [6.45, 7) is 6.53. The van der Waals surface area contributed by atoms with Gasteiger partial charge in [0.15, 0.2) is 0 Å².